The molecule has 2 aliphatic heterocycles. The van der Waals surface area contributed by atoms with Crippen molar-refractivity contribution in [1.82, 2.24) is 4.90 Å². The van der Waals surface area contributed by atoms with Crippen molar-refractivity contribution >= 4 is 33.0 Å². The SMILES string of the molecule is O=C(CNc1cc(Cl)ccc1OCC1CCCO1)N(C1CCCCC1)C1CCS(=O)(=O)C1. The summed E-state index contributed by atoms with van der Waals surface area (Å²) in [6.07, 6.45) is 7.85. The molecule has 4 rings (SSSR count). The van der Waals surface area contributed by atoms with E-state index in [4.69, 9.17) is 21.1 Å². The summed E-state index contributed by atoms with van der Waals surface area (Å²) in [5.41, 5.74) is 0.659. The monoisotopic (exact) mass is 484 g/mol. The molecule has 2 heterocycles. The number of anilines is 1. The molecule has 1 aromatic rings. The first-order chi connectivity index (χ1) is 15.4. The zero-order chi connectivity index (χ0) is 22.6. The van der Waals surface area contributed by atoms with Gasteiger partial charge in [0.2, 0.25) is 5.91 Å². The summed E-state index contributed by atoms with van der Waals surface area (Å²) >= 11 is 6.20. The van der Waals surface area contributed by atoms with Gasteiger partial charge in [-0.3, -0.25) is 4.79 Å². The molecular formula is C23H33ClN2O5S. The number of halogens is 1. The Morgan fingerprint density at radius 2 is 1.94 bits per heavy atom. The molecule has 2 unspecified atom stereocenters. The van der Waals surface area contributed by atoms with Crippen molar-refractivity contribution in [2.24, 2.45) is 0 Å². The second-order valence-corrected chi connectivity index (χ2v) is 11.8. The van der Waals surface area contributed by atoms with Crippen LogP contribution < -0.4 is 10.1 Å². The van der Waals surface area contributed by atoms with Gasteiger partial charge >= 0.3 is 0 Å². The molecule has 3 fully saturated rings. The fraction of sp³-hybridized carbons (Fsp3) is 0.696. The second kappa shape index (κ2) is 10.6. The molecule has 1 aromatic carbocycles. The van der Waals surface area contributed by atoms with Crippen molar-refractivity contribution in [3.05, 3.63) is 23.2 Å². The van der Waals surface area contributed by atoms with E-state index in [0.29, 0.717) is 29.5 Å². The average Bonchev–Trinajstić information content (AvgIpc) is 3.42. The molecule has 0 bridgehead atoms. The topological polar surface area (TPSA) is 84.9 Å². The van der Waals surface area contributed by atoms with Crippen molar-refractivity contribution in [1.29, 1.82) is 0 Å². The van der Waals surface area contributed by atoms with Gasteiger partial charge in [0, 0.05) is 23.7 Å². The van der Waals surface area contributed by atoms with Crippen LogP contribution in [-0.2, 0) is 19.4 Å². The van der Waals surface area contributed by atoms with Gasteiger partial charge in [0.15, 0.2) is 9.84 Å². The zero-order valence-corrected chi connectivity index (χ0v) is 20.0. The summed E-state index contributed by atoms with van der Waals surface area (Å²) in [7, 11) is -3.07. The van der Waals surface area contributed by atoms with Crippen LogP contribution in [0.3, 0.4) is 0 Å². The quantitative estimate of drug-likeness (QED) is 0.606. The Bertz CT molecular complexity index is 898. The van der Waals surface area contributed by atoms with Crippen molar-refractivity contribution in [3.63, 3.8) is 0 Å². The van der Waals surface area contributed by atoms with Crippen LogP contribution in [0.25, 0.3) is 0 Å². The lowest BCUT2D eigenvalue weighted by Crippen LogP contribution is -2.50. The Morgan fingerprint density at radius 3 is 2.62 bits per heavy atom. The summed E-state index contributed by atoms with van der Waals surface area (Å²) < 4.78 is 35.8. The highest BCUT2D eigenvalue weighted by Crippen LogP contribution is 2.31. The van der Waals surface area contributed by atoms with Crippen LogP contribution in [-0.4, -0.2) is 68.7 Å². The van der Waals surface area contributed by atoms with Crippen LogP contribution in [0.2, 0.25) is 5.02 Å². The fourth-order valence-corrected chi connectivity index (χ4v) is 6.93. The Labute approximate surface area is 195 Å². The third kappa shape index (κ3) is 6.08. The lowest BCUT2D eigenvalue weighted by atomic mass is 9.93. The van der Waals surface area contributed by atoms with Gasteiger partial charge in [-0.15, -0.1) is 0 Å². The summed E-state index contributed by atoms with van der Waals surface area (Å²) in [5, 5.41) is 3.75. The highest BCUT2D eigenvalue weighted by molar-refractivity contribution is 7.91. The van der Waals surface area contributed by atoms with Gasteiger partial charge in [0.1, 0.15) is 12.4 Å². The Kier molecular flexibility index (Phi) is 7.84. The smallest absolute Gasteiger partial charge is 0.242 e. The number of benzene rings is 1. The van der Waals surface area contributed by atoms with Gasteiger partial charge in [-0.25, -0.2) is 8.42 Å². The van der Waals surface area contributed by atoms with Crippen LogP contribution in [0, 0.1) is 0 Å². The van der Waals surface area contributed by atoms with Crippen LogP contribution >= 0.6 is 11.6 Å². The molecule has 1 aliphatic carbocycles. The van der Waals surface area contributed by atoms with Gasteiger partial charge in [-0.05, 0) is 50.3 Å². The number of nitrogens with one attached hydrogen (secondary N) is 1. The molecule has 32 heavy (non-hydrogen) atoms. The molecular weight excluding hydrogens is 452 g/mol. The van der Waals surface area contributed by atoms with Crippen LogP contribution in [0.1, 0.15) is 51.4 Å². The molecule has 0 radical (unpaired) electrons. The number of nitrogens with zero attached hydrogens (tertiary/aromatic N) is 1. The minimum atomic E-state index is -3.07. The molecule has 178 valence electrons. The van der Waals surface area contributed by atoms with E-state index in [-0.39, 0.29) is 42.1 Å². The van der Waals surface area contributed by atoms with E-state index in [9.17, 15) is 13.2 Å². The number of carbonyl (C=O) groups excluding carboxylic acids is 1. The van der Waals surface area contributed by atoms with E-state index in [1.165, 1.54) is 6.42 Å². The predicted molar refractivity (Wildman–Crippen MR) is 125 cm³/mol. The Balaban J connectivity index is 1.43. The van der Waals surface area contributed by atoms with Crippen molar-refractivity contribution < 1.29 is 22.7 Å². The molecule has 0 aromatic heterocycles. The largest absolute Gasteiger partial charge is 0.489 e. The highest BCUT2D eigenvalue weighted by atomic mass is 35.5. The third-order valence-corrected chi connectivity index (χ3v) is 8.66. The first-order valence-electron chi connectivity index (χ1n) is 11.7. The van der Waals surface area contributed by atoms with Crippen molar-refractivity contribution in [2.45, 2.75) is 69.6 Å². The molecule has 2 saturated heterocycles. The third-order valence-electron chi connectivity index (χ3n) is 6.68. The minimum absolute atomic E-state index is 0.0657. The van der Waals surface area contributed by atoms with Gasteiger partial charge < -0.3 is 19.7 Å². The maximum absolute atomic E-state index is 13.4. The number of sulfone groups is 1. The molecule has 7 nitrogen and oxygen atoms in total. The molecule has 9 heteroatoms. The first kappa shape index (κ1) is 23.6. The summed E-state index contributed by atoms with van der Waals surface area (Å²) in [4.78, 5) is 15.2. The van der Waals surface area contributed by atoms with E-state index >= 15 is 0 Å². The molecule has 2 atom stereocenters. The molecule has 1 amide bonds. The van der Waals surface area contributed by atoms with Crippen molar-refractivity contribution in [2.75, 3.05) is 36.6 Å². The number of carbonyl (C=O) groups is 1. The summed E-state index contributed by atoms with van der Waals surface area (Å²) in [5.74, 6) is 0.800. The number of hydrogen-bond acceptors (Lipinski definition) is 6. The lowest BCUT2D eigenvalue weighted by Gasteiger charge is -2.38. The van der Waals surface area contributed by atoms with Crippen LogP contribution in [0.5, 0.6) is 5.75 Å². The Morgan fingerprint density at radius 1 is 1.12 bits per heavy atom. The Hall–Kier alpha value is -1.51. The maximum atomic E-state index is 13.4. The molecule has 1 saturated carbocycles. The zero-order valence-electron chi connectivity index (χ0n) is 18.4. The summed E-state index contributed by atoms with van der Waals surface area (Å²) in [6.45, 7) is 1.30. The number of hydrogen-bond donors (Lipinski definition) is 1. The number of ether oxygens (including phenoxy) is 2. The standard InChI is InChI=1S/C23H33ClN2O5S/c24-17-8-9-22(31-15-20-7-4-11-30-20)21(13-17)25-14-23(27)26(18-5-2-1-3-6-18)19-10-12-32(28,29)16-19/h8-9,13,18-20,25H,1-7,10-12,14-16H2. The van der Waals surface area contributed by atoms with Gasteiger partial charge in [0.05, 0.1) is 29.8 Å². The fourth-order valence-electron chi connectivity index (χ4n) is 5.05. The predicted octanol–water partition coefficient (Wildman–Crippen LogP) is 3.66. The molecule has 0 spiro atoms. The van der Waals surface area contributed by atoms with Crippen LogP contribution in [0.15, 0.2) is 18.2 Å². The number of rotatable bonds is 8. The van der Waals surface area contributed by atoms with Crippen molar-refractivity contribution in [3.8, 4) is 5.75 Å². The van der Waals surface area contributed by atoms with Gasteiger partial charge in [0.25, 0.3) is 0 Å². The molecule has 3 aliphatic rings. The highest BCUT2D eigenvalue weighted by Gasteiger charge is 2.38. The second-order valence-electron chi connectivity index (χ2n) is 9.09. The summed E-state index contributed by atoms with van der Waals surface area (Å²) in [6, 6.07) is 5.20. The minimum Gasteiger partial charge on any atom is -0.489 e. The molecule has 1 N–H and O–H groups in total. The van der Waals surface area contributed by atoms with Gasteiger partial charge in [-0.2, -0.15) is 0 Å². The van der Waals surface area contributed by atoms with E-state index in [0.717, 1.165) is 45.1 Å². The first-order valence-corrected chi connectivity index (χ1v) is 13.9. The number of amides is 1. The average molecular weight is 485 g/mol. The maximum Gasteiger partial charge on any atom is 0.242 e. The van der Waals surface area contributed by atoms with E-state index in [2.05, 4.69) is 5.32 Å². The van der Waals surface area contributed by atoms with Crippen LogP contribution in [0.4, 0.5) is 5.69 Å². The van der Waals surface area contributed by atoms with E-state index in [1.54, 1.807) is 18.2 Å². The normalized spacial score (nSPS) is 25.5. The van der Waals surface area contributed by atoms with E-state index in [1.807, 2.05) is 4.90 Å². The van der Waals surface area contributed by atoms with E-state index < -0.39 is 9.84 Å². The van der Waals surface area contributed by atoms with Gasteiger partial charge in [-0.1, -0.05) is 30.9 Å². The lowest BCUT2D eigenvalue weighted by molar-refractivity contribution is -0.134.